The van der Waals surface area contributed by atoms with Gasteiger partial charge in [0.2, 0.25) is 0 Å². The van der Waals surface area contributed by atoms with Crippen molar-refractivity contribution in [1.29, 1.82) is 0 Å². The quantitative estimate of drug-likeness (QED) is 0.504. The summed E-state index contributed by atoms with van der Waals surface area (Å²) in [4.78, 5) is 7.37. The van der Waals surface area contributed by atoms with Crippen LogP contribution in [-0.2, 0) is 0 Å². The molecule has 0 fully saturated rings. The predicted octanol–water partition coefficient (Wildman–Crippen LogP) is 2.01. The van der Waals surface area contributed by atoms with Crippen molar-refractivity contribution >= 4 is 33.0 Å². The fourth-order valence-electron chi connectivity index (χ4n) is 0.183. The average molecular weight is 222 g/mol. The first-order chi connectivity index (χ1) is 3.77. The summed E-state index contributed by atoms with van der Waals surface area (Å²) in [5, 5.41) is 0. The number of aliphatic imine (C=N–C) groups is 2. The van der Waals surface area contributed by atoms with Gasteiger partial charge in [0.05, 0.1) is 3.72 Å². The van der Waals surface area contributed by atoms with E-state index >= 15 is 0 Å². The zero-order chi connectivity index (χ0) is 6.41. The van der Waals surface area contributed by atoms with Gasteiger partial charge in [-0.05, 0) is 36.2 Å². The topological polar surface area (TPSA) is 24.7 Å². The van der Waals surface area contributed by atoms with Gasteiger partial charge in [-0.1, -0.05) is 0 Å². The smallest absolute Gasteiger partial charge is 0.0753 e. The van der Waals surface area contributed by atoms with Crippen LogP contribution in [0.5, 0.6) is 0 Å². The minimum absolute atomic E-state index is 0.988. The Balaban J connectivity index is 3.57. The minimum atomic E-state index is 0.988. The Morgan fingerprint density at radius 2 is 2.25 bits per heavy atom. The zero-order valence-electron chi connectivity index (χ0n) is 4.63. The van der Waals surface area contributed by atoms with Gasteiger partial charge in [-0.2, -0.15) is 0 Å². The summed E-state index contributed by atoms with van der Waals surface area (Å²) in [6.07, 6.45) is 3.15. The van der Waals surface area contributed by atoms with E-state index in [1.54, 1.807) is 12.4 Å². The molecule has 0 aliphatic rings. The van der Waals surface area contributed by atoms with E-state index in [1.807, 2.05) is 6.92 Å². The molecule has 3 heteroatoms. The van der Waals surface area contributed by atoms with Crippen molar-refractivity contribution in [1.82, 2.24) is 0 Å². The first-order valence-corrected chi connectivity index (χ1v) is 3.16. The molecule has 0 rings (SSSR count). The predicted molar refractivity (Wildman–Crippen MR) is 45.8 cm³/mol. The fraction of sp³-hybridized carbons (Fsp3) is 0.200. The molecule has 0 saturated heterocycles. The van der Waals surface area contributed by atoms with Crippen molar-refractivity contribution in [2.75, 3.05) is 0 Å². The minimum Gasteiger partial charge on any atom is -0.271 e. The second kappa shape index (κ2) is 4.96. The van der Waals surface area contributed by atoms with Crippen LogP contribution in [0.15, 0.2) is 22.4 Å². The monoisotopic (exact) mass is 222 g/mol. The molecule has 0 heterocycles. The van der Waals surface area contributed by atoms with Crippen molar-refractivity contribution in [2.45, 2.75) is 6.92 Å². The third kappa shape index (κ3) is 5.81. The molecule has 0 saturated carbocycles. The highest BCUT2D eigenvalue weighted by atomic mass is 127. The molecule has 0 aromatic rings. The zero-order valence-corrected chi connectivity index (χ0v) is 6.79. The Bertz CT molecular complexity index is 122. The van der Waals surface area contributed by atoms with Gasteiger partial charge in [0.15, 0.2) is 0 Å². The molecule has 0 amide bonds. The van der Waals surface area contributed by atoms with E-state index in [0.29, 0.717) is 0 Å². The molecule has 0 unspecified atom stereocenters. The van der Waals surface area contributed by atoms with E-state index in [2.05, 4.69) is 39.3 Å². The molecule has 0 spiro atoms. The third-order valence-electron chi connectivity index (χ3n) is 0.425. The number of rotatable bonds is 2. The molecule has 0 N–H and O–H groups in total. The van der Waals surface area contributed by atoms with Gasteiger partial charge < -0.3 is 0 Å². The van der Waals surface area contributed by atoms with Crippen LogP contribution in [0, 0.1) is 0 Å². The highest BCUT2D eigenvalue weighted by molar-refractivity contribution is 14.1. The molecule has 2 nitrogen and oxygen atoms in total. The van der Waals surface area contributed by atoms with E-state index in [-0.39, 0.29) is 0 Å². The van der Waals surface area contributed by atoms with Crippen LogP contribution in [0.2, 0.25) is 0 Å². The molecule has 0 atom stereocenters. The summed E-state index contributed by atoms with van der Waals surface area (Å²) < 4.78 is 0.988. The summed E-state index contributed by atoms with van der Waals surface area (Å²) in [5.74, 6) is 0. The van der Waals surface area contributed by atoms with Gasteiger partial charge in [0.1, 0.15) is 0 Å². The summed E-state index contributed by atoms with van der Waals surface area (Å²) in [6, 6.07) is 0. The summed E-state index contributed by atoms with van der Waals surface area (Å²) in [5.41, 5.74) is 0. The van der Waals surface area contributed by atoms with Crippen LogP contribution >= 0.6 is 22.6 Å². The largest absolute Gasteiger partial charge is 0.271 e. The third-order valence-corrected chi connectivity index (χ3v) is 0.703. The highest BCUT2D eigenvalue weighted by Gasteiger charge is 1.70. The lowest BCUT2D eigenvalue weighted by molar-refractivity contribution is 1.49. The number of nitrogens with zero attached hydrogens (tertiary/aromatic N) is 2. The van der Waals surface area contributed by atoms with Crippen molar-refractivity contribution in [3.63, 3.8) is 0 Å². The van der Waals surface area contributed by atoms with E-state index in [4.69, 9.17) is 0 Å². The van der Waals surface area contributed by atoms with Gasteiger partial charge in [-0.15, -0.1) is 0 Å². The lowest BCUT2D eigenvalue weighted by atomic mass is 10.8. The lowest BCUT2D eigenvalue weighted by Crippen LogP contribution is -1.66. The molecule has 0 aromatic carbocycles. The summed E-state index contributed by atoms with van der Waals surface area (Å²) in [7, 11) is 0. The maximum Gasteiger partial charge on any atom is 0.0753 e. The molecule has 0 aliphatic heterocycles. The molecular weight excluding hydrogens is 215 g/mol. The Kier molecular flexibility index (Phi) is 4.84. The molecule has 0 radical (unpaired) electrons. The van der Waals surface area contributed by atoms with E-state index in [1.165, 1.54) is 0 Å². The van der Waals surface area contributed by atoms with Gasteiger partial charge in [-0.25, -0.2) is 0 Å². The van der Waals surface area contributed by atoms with Crippen LogP contribution in [0.1, 0.15) is 6.92 Å². The maximum absolute atomic E-state index is 3.90. The Hall–Kier alpha value is -0.190. The Morgan fingerprint density at radius 1 is 1.62 bits per heavy atom. The number of hydrogen-bond donors (Lipinski definition) is 0. The van der Waals surface area contributed by atoms with E-state index in [0.717, 1.165) is 3.72 Å². The molecule has 0 bridgehead atoms. The van der Waals surface area contributed by atoms with Gasteiger partial charge in [0.25, 0.3) is 0 Å². The molecule has 0 aliphatic carbocycles. The van der Waals surface area contributed by atoms with Crippen molar-refractivity contribution in [3.8, 4) is 0 Å². The maximum atomic E-state index is 3.90. The fourth-order valence-corrected chi connectivity index (χ4v) is 0.344. The lowest BCUT2D eigenvalue weighted by Gasteiger charge is -1.76. The van der Waals surface area contributed by atoms with Crippen molar-refractivity contribution < 1.29 is 0 Å². The number of halogens is 1. The van der Waals surface area contributed by atoms with E-state index < -0.39 is 0 Å². The van der Waals surface area contributed by atoms with Crippen molar-refractivity contribution in [2.24, 2.45) is 9.98 Å². The first kappa shape index (κ1) is 7.81. The number of hydrogen-bond acceptors (Lipinski definition) is 2. The van der Waals surface area contributed by atoms with Crippen LogP contribution in [-0.4, -0.2) is 10.4 Å². The van der Waals surface area contributed by atoms with Gasteiger partial charge in [0, 0.05) is 12.4 Å². The molecule has 0 aromatic heterocycles. The highest BCUT2D eigenvalue weighted by Crippen LogP contribution is 1.88. The molecule has 44 valence electrons. The average Bonchev–Trinajstić information content (AvgIpc) is 1.66. The van der Waals surface area contributed by atoms with Crippen LogP contribution in [0.25, 0.3) is 0 Å². The second-order valence-electron chi connectivity index (χ2n) is 1.11. The molecule has 8 heavy (non-hydrogen) atoms. The standard InChI is InChI=1S/C5H7IN2/c1-5(6)8-4-3-7-2/h3-4H,2H2,1H3/b4-3-,8-5?. The van der Waals surface area contributed by atoms with Gasteiger partial charge in [-0.3, -0.25) is 9.98 Å². The van der Waals surface area contributed by atoms with Crippen LogP contribution in [0.4, 0.5) is 0 Å². The summed E-state index contributed by atoms with van der Waals surface area (Å²) in [6.45, 7) is 5.16. The first-order valence-electron chi connectivity index (χ1n) is 2.08. The summed E-state index contributed by atoms with van der Waals surface area (Å²) >= 11 is 2.12. The van der Waals surface area contributed by atoms with Crippen molar-refractivity contribution in [3.05, 3.63) is 12.4 Å². The second-order valence-corrected chi connectivity index (χ2v) is 2.67. The Morgan fingerprint density at radius 3 is 2.62 bits per heavy atom. The van der Waals surface area contributed by atoms with Crippen LogP contribution < -0.4 is 0 Å². The van der Waals surface area contributed by atoms with E-state index in [9.17, 15) is 0 Å². The molecular formula is C5H7IN2. The SMILES string of the molecule is C=N/C=C\N=C(C)I. The van der Waals surface area contributed by atoms with Crippen LogP contribution in [0.3, 0.4) is 0 Å². The Labute approximate surface area is 62.6 Å². The van der Waals surface area contributed by atoms with Gasteiger partial charge >= 0.3 is 0 Å². The normalized spacial score (nSPS) is 12.5.